The molecule has 2 bridgehead atoms. The van der Waals surface area contributed by atoms with Crippen molar-refractivity contribution < 1.29 is 13.2 Å². The summed E-state index contributed by atoms with van der Waals surface area (Å²) in [5.41, 5.74) is 0.657. The van der Waals surface area contributed by atoms with Gasteiger partial charge in [-0.3, -0.25) is 4.79 Å². The number of piperidine rings is 1. The van der Waals surface area contributed by atoms with Gasteiger partial charge in [-0.15, -0.1) is 11.3 Å². The lowest BCUT2D eigenvalue weighted by atomic mass is 10.1. The number of benzene rings is 1. The highest BCUT2D eigenvalue weighted by Crippen LogP contribution is 2.39. The van der Waals surface area contributed by atoms with Gasteiger partial charge >= 0.3 is 0 Å². The quantitative estimate of drug-likeness (QED) is 0.908. The first-order valence-electron chi connectivity index (χ1n) is 7.96. The Morgan fingerprint density at radius 1 is 1.12 bits per heavy atom. The average molecular weight is 362 g/mol. The topological polar surface area (TPSA) is 66.5 Å². The Kier molecular flexibility index (Phi) is 3.94. The van der Waals surface area contributed by atoms with E-state index in [1.165, 1.54) is 11.3 Å². The first-order valence-corrected chi connectivity index (χ1v) is 10.3. The summed E-state index contributed by atoms with van der Waals surface area (Å²) in [6.45, 7) is 0.718. The number of rotatable bonds is 4. The van der Waals surface area contributed by atoms with Gasteiger partial charge in [0.15, 0.2) is 0 Å². The van der Waals surface area contributed by atoms with Crippen LogP contribution in [0, 0.1) is 5.92 Å². The molecule has 1 aromatic carbocycles. The van der Waals surface area contributed by atoms with Crippen LogP contribution in [0.1, 0.15) is 23.2 Å². The van der Waals surface area contributed by atoms with Crippen LogP contribution in [0.25, 0.3) is 0 Å². The standard InChI is InChI=1S/C17H18N2O3S2/c20-17(13-5-2-1-3-6-13)19-11-12-9-14(15(19)10-12)18-24(21,22)16-7-4-8-23-16/h1-8,12,14-15,18H,9-11H2/t12-,14+,15-/m1/s1. The molecule has 2 fully saturated rings. The van der Waals surface area contributed by atoms with Crippen molar-refractivity contribution in [2.45, 2.75) is 29.1 Å². The van der Waals surface area contributed by atoms with Crippen molar-refractivity contribution in [3.8, 4) is 0 Å². The third-order valence-electron chi connectivity index (χ3n) is 4.83. The van der Waals surface area contributed by atoms with Gasteiger partial charge in [-0.25, -0.2) is 13.1 Å². The Morgan fingerprint density at radius 3 is 2.58 bits per heavy atom. The Labute approximate surface area is 145 Å². The minimum Gasteiger partial charge on any atom is -0.334 e. The minimum atomic E-state index is -3.51. The van der Waals surface area contributed by atoms with Gasteiger partial charge in [-0.1, -0.05) is 24.3 Å². The van der Waals surface area contributed by atoms with Gasteiger partial charge in [-0.2, -0.15) is 0 Å². The van der Waals surface area contributed by atoms with Crippen molar-refractivity contribution in [2.75, 3.05) is 6.54 Å². The molecule has 1 amide bonds. The summed E-state index contributed by atoms with van der Waals surface area (Å²) in [6.07, 6.45) is 1.67. The molecule has 1 saturated carbocycles. The molecule has 1 aliphatic heterocycles. The van der Waals surface area contributed by atoms with Gasteiger partial charge in [0.1, 0.15) is 4.21 Å². The molecule has 126 valence electrons. The molecule has 2 aromatic rings. The molecule has 24 heavy (non-hydrogen) atoms. The van der Waals surface area contributed by atoms with E-state index in [2.05, 4.69) is 4.72 Å². The number of sulfonamides is 1. The smallest absolute Gasteiger partial charge is 0.254 e. The molecule has 2 heterocycles. The lowest BCUT2D eigenvalue weighted by molar-refractivity contribution is 0.0678. The van der Waals surface area contributed by atoms with E-state index < -0.39 is 10.0 Å². The molecule has 7 heteroatoms. The lowest BCUT2D eigenvalue weighted by Crippen LogP contribution is -2.51. The number of hydrogen-bond acceptors (Lipinski definition) is 4. The maximum absolute atomic E-state index is 12.7. The number of nitrogens with one attached hydrogen (secondary N) is 1. The van der Waals surface area contributed by atoms with Gasteiger partial charge < -0.3 is 4.90 Å². The molecule has 0 spiro atoms. The molecule has 1 N–H and O–H groups in total. The van der Waals surface area contributed by atoms with E-state index in [1.807, 2.05) is 23.1 Å². The number of hydrogen-bond donors (Lipinski definition) is 1. The summed E-state index contributed by atoms with van der Waals surface area (Å²) < 4.78 is 28.1. The van der Waals surface area contributed by atoms with Crippen LogP contribution < -0.4 is 4.72 Å². The van der Waals surface area contributed by atoms with E-state index >= 15 is 0 Å². The fraction of sp³-hybridized carbons (Fsp3) is 0.353. The van der Waals surface area contributed by atoms with E-state index in [0.29, 0.717) is 15.7 Å². The number of carbonyl (C=O) groups is 1. The normalized spacial score (nSPS) is 26.0. The van der Waals surface area contributed by atoms with Gasteiger partial charge in [0.2, 0.25) is 10.0 Å². The minimum absolute atomic E-state index is 0.0110. The second-order valence-electron chi connectivity index (χ2n) is 6.39. The molecular formula is C17H18N2O3S2. The summed E-state index contributed by atoms with van der Waals surface area (Å²) in [4.78, 5) is 14.6. The van der Waals surface area contributed by atoms with Crippen molar-refractivity contribution in [3.63, 3.8) is 0 Å². The third kappa shape index (κ3) is 2.76. The highest BCUT2D eigenvalue weighted by Gasteiger charge is 2.48. The van der Waals surface area contributed by atoms with Crippen LogP contribution in [0.2, 0.25) is 0 Å². The van der Waals surface area contributed by atoms with E-state index in [1.54, 1.807) is 29.6 Å². The van der Waals surface area contributed by atoms with Crippen molar-refractivity contribution in [2.24, 2.45) is 5.92 Å². The largest absolute Gasteiger partial charge is 0.334 e. The highest BCUT2D eigenvalue weighted by atomic mass is 32.2. The van der Waals surface area contributed by atoms with Crippen molar-refractivity contribution in [1.29, 1.82) is 0 Å². The first kappa shape index (κ1) is 15.8. The van der Waals surface area contributed by atoms with Crippen LogP contribution in [0.4, 0.5) is 0 Å². The Bertz CT molecular complexity index is 834. The summed E-state index contributed by atoms with van der Waals surface area (Å²) in [5, 5.41) is 1.75. The molecule has 1 aromatic heterocycles. The Balaban J connectivity index is 1.53. The number of amides is 1. The molecule has 4 rings (SSSR count). The second kappa shape index (κ2) is 5.98. The second-order valence-corrected chi connectivity index (χ2v) is 9.28. The first-order chi connectivity index (χ1) is 11.5. The zero-order valence-electron chi connectivity index (χ0n) is 13.0. The summed E-state index contributed by atoms with van der Waals surface area (Å²) >= 11 is 1.21. The zero-order chi connectivity index (χ0) is 16.7. The van der Waals surface area contributed by atoms with E-state index in [0.717, 1.165) is 19.4 Å². The van der Waals surface area contributed by atoms with Gasteiger partial charge in [0.05, 0.1) is 0 Å². The Morgan fingerprint density at radius 2 is 1.92 bits per heavy atom. The predicted molar refractivity (Wildman–Crippen MR) is 92.4 cm³/mol. The average Bonchev–Trinajstić information content (AvgIpc) is 3.31. The molecule has 3 atom stereocenters. The number of carbonyl (C=O) groups excluding carboxylic acids is 1. The predicted octanol–water partition coefficient (Wildman–Crippen LogP) is 2.33. The lowest BCUT2D eigenvalue weighted by Gasteiger charge is -2.33. The van der Waals surface area contributed by atoms with Crippen LogP contribution in [0.3, 0.4) is 0 Å². The Hall–Kier alpha value is -1.70. The maximum Gasteiger partial charge on any atom is 0.254 e. The van der Waals surface area contributed by atoms with Crippen LogP contribution in [-0.4, -0.2) is 37.9 Å². The van der Waals surface area contributed by atoms with Crippen molar-refractivity contribution in [3.05, 3.63) is 53.4 Å². The molecule has 5 nitrogen and oxygen atoms in total. The van der Waals surface area contributed by atoms with Gasteiger partial charge in [0.25, 0.3) is 5.91 Å². The highest BCUT2D eigenvalue weighted by molar-refractivity contribution is 7.91. The maximum atomic E-state index is 12.7. The molecule has 0 radical (unpaired) electrons. The van der Waals surface area contributed by atoms with Crippen LogP contribution in [-0.2, 0) is 10.0 Å². The van der Waals surface area contributed by atoms with E-state index in [9.17, 15) is 13.2 Å². The fourth-order valence-corrected chi connectivity index (χ4v) is 6.10. The number of likely N-dealkylation sites (tertiary alicyclic amines) is 1. The fourth-order valence-electron chi connectivity index (χ4n) is 3.81. The SMILES string of the molecule is O=C(c1ccccc1)N1C[C@@H]2C[C@H](NS(=O)(=O)c3cccs3)[C@H]1C2. The molecule has 1 saturated heterocycles. The summed E-state index contributed by atoms with van der Waals surface area (Å²) in [7, 11) is -3.51. The summed E-state index contributed by atoms with van der Waals surface area (Å²) in [5.74, 6) is 0.363. The number of fused-ring (bicyclic) bond motifs is 2. The third-order valence-corrected chi connectivity index (χ3v) is 7.72. The molecule has 2 aliphatic rings. The van der Waals surface area contributed by atoms with Crippen molar-refractivity contribution in [1.82, 2.24) is 9.62 Å². The van der Waals surface area contributed by atoms with Crippen LogP contribution >= 0.6 is 11.3 Å². The monoisotopic (exact) mass is 362 g/mol. The van der Waals surface area contributed by atoms with Crippen molar-refractivity contribution >= 4 is 27.3 Å². The number of thiophene rings is 1. The van der Waals surface area contributed by atoms with Gasteiger partial charge in [0, 0.05) is 24.2 Å². The van der Waals surface area contributed by atoms with E-state index in [4.69, 9.17) is 0 Å². The van der Waals surface area contributed by atoms with Crippen LogP contribution in [0.5, 0.6) is 0 Å². The molecule has 0 unspecified atom stereocenters. The van der Waals surface area contributed by atoms with Crippen LogP contribution in [0.15, 0.2) is 52.1 Å². The number of nitrogens with zero attached hydrogens (tertiary/aromatic N) is 1. The van der Waals surface area contributed by atoms with E-state index in [-0.39, 0.29) is 18.0 Å². The molecular weight excluding hydrogens is 344 g/mol. The summed E-state index contributed by atoms with van der Waals surface area (Å²) in [6, 6.07) is 12.2. The zero-order valence-corrected chi connectivity index (χ0v) is 14.6. The van der Waals surface area contributed by atoms with Gasteiger partial charge in [-0.05, 0) is 42.3 Å². The molecule has 1 aliphatic carbocycles.